The van der Waals surface area contributed by atoms with E-state index in [2.05, 4.69) is 9.47 Å². The van der Waals surface area contributed by atoms with Crippen molar-refractivity contribution in [3.63, 3.8) is 0 Å². The van der Waals surface area contributed by atoms with Crippen molar-refractivity contribution in [1.82, 2.24) is 0 Å². The first-order valence-electron chi connectivity index (χ1n) is 9.05. The molecule has 0 amide bonds. The number of carbonyl (C=O) groups is 3. The second-order valence-electron chi connectivity index (χ2n) is 9.43. The highest BCUT2D eigenvalue weighted by Gasteiger charge is 2.58. The largest absolute Gasteiger partial charge is 0.458 e. The summed E-state index contributed by atoms with van der Waals surface area (Å²) < 4.78 is 74.6. The molecule has 0 aromatic heterocycles. The molecule has 0 rings (SSSR count). The minimum absolute atomic E-state index is 0.222. The van der Waals surface area contributed by atoms with Crippen molar-refractivity contribution < 1.29 is 50.5 Å². The molecule has 1 atom stereocenters. The maximum atomic E-state index is 12.7. The molecule has 11 heteroatoms. The van der Waals surface area contributed by atoms with Crippen LogP contribution in [-0.2, 0) is 28.6 Å². The fraction of sp³-hybridized carbons (Fsp3) is 0.842. The van der Waals surface area contributed by atoms with Crippen molar-refractivity contribution in [2.75, 3.05) is 13.4 Å². The zero-order valence-electron chi connectivity index (χ0n) is 18.2. The van der Waals surface area contributed by atoms with Crippen molar-refractivity contribution in [3.8, 4) is 0 Å². The summed E-state index contributed by atoms with van der Waals surface area (Å²) in [5.41, 5.74) is -1.67. The zero-order valence-corrected chi connectivity index (χ0v) is 18.2. The first-order valence-corrected chi connectivity index (χ1v) is 9.05. The van der Waals surface area contributed by atoms with Gasteiger partial charge in [-0.2, -0.15) is 22.0 Å². The summed E-state index contributed by atoms with van der Waals surface area (Å²) >= 11 is 0. The standard InChI is InChI=1S/C19H29F5O6/c1-15(2,3)9-17(7,16(4,5)6)14(27)30-11-29-13(26)8-12(25)28-10-18(20,21)19(22,23)24/h8-11H2,1-7H3. The monoisotopic (exact) mass is 448 g/mol. The summed E-state index contributed by atoms with van der Waals surface area (Å²) in [5.74, 6) is -8.84. The highest BCUT2D eigenvalue weighted by Crippen LogP contribution is 2.47. The average Bonchev–Trinajstić information content (AvgIpc) is 2.48. The molecular formula is C19H29F5O6. The number of hydrogen-bond donors (Lipinski definition) is 0. The Morgan fingerprint density at radius 1 is 0.733 bits per heavy atom. The third-order valence-electron chi connectivity index (χ3n) is 4.52. The molecule has 0 saturated carbocycles. The molecule has 0 fully saturated rings. The quantitative estimate of drug-likeness (QED) is 0.233. The molecule has 0 aliphatic rings. The van der Waals surface area contributed by atoms with E-state index in [1.165, 1.54) is 0 Å². The van der Waals surface area contributed by atoms with Gasteiger partial charge in [-0.3, -0.25) is 14.4 Å². The van der Waals surface area contributed by atoms with Gasteiger partial charge in [0.2, 0.25) is 6.79 Å². The van der Waals surface area contributed by atoms with Gasteiger partial charge in [-0.05, 0) is 24.2 Å². The van der Waals surface area contributed by atoms with Gasteiger partial charge in [0.05, 0.1) is 5.41 Å². The van der Waals surface area contributed by atoms with E-state index in [1.54, 1.807) is 6.92 Å². The molecule has 30 heavy (non-hydrogen) atoms. The molecule has 0 radical (unpaired) electrons. The third-order valence-corrected chi connectivity index (χ3v) is 4.52. The molecule has 0 aromatic carbocycles. The Labute approximate surface area is 172 Å². The SMILES string of the molecule is CC(C)(C)CC(C)(C(=O)OCOC(=O)CC(=O)OCC(F)(F)C(F)(F)F)C(C)(C)C. The number of rotatable bonds is 8. The van der Waals surface area contributed by atoms with Gasteiger partial charge in [0.15, 0.2) is 6.61 Å². The van der Waals surface area contributed by atoms with Gasteiger partial charge in [0.25, 0.3) is 0 Å². The number of hydrogen-bond acceptors (Lipinski definition) is 6. The molecule has 0 spiro atoms. The predicted octanol–water partition coefficient (Wildman–Crippen LogP) is 4.65. The van der Waals surface area contributed by atoms with Crippen LogP contribution in [0.2, 0.25) is 0 Å². The van der Waals surface area contributed by atoms with Crippen molar-refractivity contribution in [2.24, 2.45) is 16.2 Å². The number of esters is 3. The van der Waals surface area contributed by atoms with E-state index in [-0.39, 0.29) is 5.41 Å². The van der Waals surface area contributed by atoms with E-state index in [4.69, 9.17) is 4.74 Å². The summed E-state index contributed by atoms with van der Waals surface area (Å²) in [5, 5.41) is 0. The van der Waals surface area contributed by atoms with Crippen LogP contribution >= 0.6 is 0 Å². The Bertz CT molecular complexity index is 631. The fourth-order valence-electron chi connectivity index (χ4n) is 2.49. The first kappa shape index (κ1) is 28.1. The van der Waals surface area contributed by atoms with Crippen LogP contribution in [0.1, 0.15) is 61.3 Å². The molecular weight excluding hydrogens is 419 g/mol. The second-order valence-corrected chi connectivity index (χ2v) is 9.43. The van der Waals surface area contributed by atoms with Crippen LogP contribution in [0.3, 0.4) is 0 Å². The van der Waals surface area contributed by atoms with Crippen LogP contribution in [0.15, 0.2) is 0 Å². The van der Waals surface area contributed by atoms with Crippen molar-refractivity contribution in [2.45, 2.75) is 73.4 Å². The van der Waals surface area contributed by atoms with E-state index >= 15 is 0 Å². The number of ether oxygens (including phenoxy) is 3. The van der Waals surface area contributed by atoms with Gasteiger partial charge in [-0.15, -0.1) is 0 Å². The highest BCUT2D eigenvalue weighted by molar-refractivity contribution is 5.91. The maximum Gasteiger partial charge on any atom is 0.456 e. The van der Waals surface area contributed by atoms with Gasteiger partial charge >= 0.3 is 30.0 Å². The smallest absolute Gasteiger partial charge is 0.456 e. The molecule has 0 heterocycles. The Balaban J connectivity index is 4.68. The number of carbonyl (C=O) groups excluding carboxylic acids is 3. The topological polar surface area (TPSA) is 78.9 Å². The van der Waals surface area contributed by atoms with Gasteiger partial charge in [-0.1, -0.05) is 41.5 Å². The van der Waals surface area contributed by atoms with Crippen molar-refractivity contribution in [3.05, 3.63) is 0 Å². The Hall–Kier alpha value is -1.94. The molecule has 0 N–H and O–H groups in total. The van der Waals surface area contributed by atoms with Crippen LogP contribution < -0.4 is 0 Å². The van der Waals surface area contributed by atoms with Crippen LogP contribution in [0.25, 0.3) is 0 Å². The van der Waals surface area contributed by atoms with E-state index in [9.17, 15) is 36.3 Å². The average molecular weight is 448 g/mol. The zero-order chi connectivity index (χ0) is 24.2. The Kier molecular flexibility index (Phi) is 8.85. The lowest BCUT2D eigenvalue weighted by Gasteiger charge is -2.43. The van der Waals surface area contributed by atoms with Crippen LogP contribution in [0.4, 0.5) is 22.0 Å². The molecule has 6 nitrogen and oxygen atoms in total. The number of halogens is 5. The Morgan fingerprint density at radius 3 is 1.60 bits per heavy atom. The minimum atomic E-state index is -5.89. The summed E-state index contributed by atoms with van der Waals surface area (Å²) in [7, 11) is 0. The number of alkyl halides is 5. The van der Waals surface area contributed by atoms with Gasteiger partial charge in [0, 0.05) is 0 Å². The maximum absolute atomic E-state index is 12.7. The van der Waals surface area contributed by atoms with Gasteiger partial charge < -0.3 is 14.2 Å². The highest BCUT2D eigenvalue weighted by atomic mass is 19.4. The summed E-state index contributed by atoms with van der Waals surface area (Å²) in [4.78, 5) is 35.4. The van der Waals surface area contributed by atoms with Crippen LogP contribution in [0, 0.1) is 16.2 Å². The summed E-state index contributed by atoms with van der Waals surface area (Å²) in [6, 6.07) is 0. The first-order chi connectivity index (χ1) is 13.1. The molecule has 0 aromatic rings. The van der Waals surface area contributed by atoms with Crippen LogP contribution in [0.5, 0.6) is 0 Å². The minimum Gasteiger partial charge on any atom is -0.458 e. The molecule has 176 valence electrons. The van der Waals surface area contributed by atoms with Crippen LogP contribution in [-0.4, -0.2) is 43.4 Å². The third kappa shape index (κ3) is 8.43. The molecule has 0 bridgehead atoms. The van der Waals surface area contributed by atoms with Crippen molar-refractivity contribution >= 4 is 17.9 Å². The lowest BCUT2D eigenvalue weighted by atomic mass is 9.61. The molecule has 1 unspecified atom stereocenters. The molecule has 0 saturated heterocycles. The van der Waals surface area contributed by atoms with E-state index in [0.717, 1.165) is 0 Å². The van der Waals surface area contributed by atoms with Crippen molar-refractivity contribution in [1.29, 1.82) is 0 Å². The molecule has 0 aliphatic heterocycles. The van der Waals surface area contributed by atoms with Gasteiger partial charge in [-0.25, -0.2) is 0 Å². The normalized spacial score (nSPS) is 15.2. The lowest BCUT2D eigenvalue weighted by Crippen LogP contribution is -2.44. The van der Waals surface area contributed by atoms with E-state index in [0.29, 0.717) is 6.42 Å². The molecule has 0 aliphatic carbocycles. The summed E-state index contributed by atoms with van der Waals surface area (Å²) in [6.45, 7) is 9.97. The summed E-state index contributed by atoms with van der Waals surface area (Å²) in [6.07, 6.45) is -6.66. The lowest BCUT2D eigenvalue weighted by molar-refractivity contribution is -0.294. The predicted molar refractivity (Wildman–Crippen MR) is 95.3 cm³/mol. The second kappa shape index (κ2) is 9.47. The Morgan fingerprint density at radius 2 is 1.20 bits per heavy atom. The van der Waals surface area contributed by atoms with E-state index < -0.39 is 60.7 Å². The van der Waals surface area contributed by atoms with Gasteiger partial charge in [0.1, 0.15) is 6.42 Å². The van der Waals surface area contributed by atoms with E-state index in [1.807, 2.05) is 41.5 Å². The fourth-order valence-corrected chi connectivity index (χ4v) is 2.49.